The van der Waals surface area contributed by atoms with Crippen molar-refractivity contribution in [2.75, 3.05) is 0 Å². The number of fused-ring (bicyclic) bond motifs is 1. The molecule has 0 N–H and O–H groups in total. The molecule has 0 spiro atoms. The van der Waals surface area contributed by atoms with Crippen LogP contribution in [0.5, 0.6) is 0 Å². The summed E-state index contributed by atoms with van der Waals surface area (Å²) in [5, 5.41) is 1.23. The molecular weight excluding hydrogens is 230 g/mol. The van der Waals surface area contributed by atoms with Gasteiger partial charge in [-0.3, -0.25) is 0 Å². The summed E-state index contributed by atoms with van der Waals surface area (Å²) in [5.41, 5.74) is 7.14. The van der Waals surface area contributed by atoms with Crippen LogP contribution in [0.15, 0.2) is 48.5 Å². The molecule has 0 radical (unpaired) electrons. The Labute approximate surface area is 113 Å². The highest BCUT2D eigenvalue weighted by molar-refractivity contribution is 5.84. The van der Waals surface area contributed by atoms with Crippen molar-refractivity contribution >= 4 is 10.9 Å². The average Bonchev–Trinajstić information content (AvgIpc) is 2.37. The Morgan fingerprint density at radius 1 is 0.789 bits per heavy atom. The van der Waals surface area contributed by atoms with Crippen LogP contribution in [0.2, 0.25) is 0 Å². The van der Waals surface area contributed by atoms with E-state index in [2.05, 4.69) is 69.3 Å². The summed E-state index contributed by atoms with van der Waals surface area (Å²) in [7, 11) is 0. The van der Waals surface area contributed by atoms with E-state index in [1.54, 1.807) is 0 Å². The van der Waals surface area contributed by atoms with Crippen molar-refractivity contribution in [2.45, 2.75) is 20.8 Å². The normalized spacial score (nSPS) is 10.9. The summed E-state index contributed by atoms with van der Waals surface area (Å²) in [4.78, 5) is 4.79. The molecule has 0 saturated carbocycles. The van der Waals surface area contributed by atoms with Gasteiger partial charge >= 0.3 is 0 Å². The molecule has 3 aromatic rings. The van der Waals surface area contributed by atoms with Crippen molar-refractivity contribution < 1.29 is 0 Å². The van der Waals surface area contributed by atoms with Gasteiger partial charge < -0.3 is 0 Å². The van der Waals surface area contributed by atoms with Gasteiger partial charge in [0.2, 0.25) is 0 Å². The maximum Gasteiger partial charge on any atom is 0.0712 e. The van der Waals surface area contributed by atoms with Crippen LogP contribution >= 0.6 is 0 Å². The van der Waals surface area contributed by atoms with Gasteiger partial charge in [-0.25, -0.2) is 4.98 Å². The Bertz CT molecular complexity index is 736. The number of pyridine rings is 1. The van der Waals surface area contributed by atoms with Gasteiger partial charge in [0.25, 0.3) is 0 Å². The molecule has 1 heteroatoms. The number of hydrogen-bond donors (Lipinski definition) is 0. The fraction of sp³-hybridized carbons (Fsp3) is 0.167. The molecule has 0 saturated heterocycles. The highest BCUT2D eigenvalue weighted by atomic mass is 14.7. The van der Waals surface area contributed by atoms with Gasteiger partial charge in [0.05, 0.1) is 11.2 Å². The zero-order valence-corrected chi connectivity index (χ0v) is 11.6. The van der Waals surface area contributed by atoms with Crippen molar-refractivity contribution in [1.82, 2.24) is 4.98 Å². The molecule has 0 bridgehead atoms. The fourth-order valence-corrected chi connectivity index (χ4v) is 2.59. The van der Waals surface area contributed by atoms with E-state index in [1.165, 1.54) is 27.6 Å². The van der Waals surface area contributed by atoms with E-state index < -0.39 is 0 Å². The fourth-order valence-electron chi connectivity index (χ4n) is 2.59. The molecule has 0 aliphatic rings. The van der Waals surface area contributed by atoms with Crippen molar-refractivity contribution in [2.24, 2.45) is 0 Å². The first-order valence-electron chi connectivity index (χ1n) is 6.58. The van der Waals surface area contributed by atoms with Crippen LogP contribution in [0, 0.1) is 20.8 Å². The van der Waals surface area contributed by atoms with Crippen molar-refractivity contribution in [3.8, 4) is 11.3 Å². The highest BCUT2D eigenvalue weighted by Crippen LogP contribution is 2.24. The Balaban J connectivity index is 2.20. The number of aromatic nitrogens is 1. The minimum atomic E-state index is 1.05. The molecule has 0 unspecified atom stereocenters. The van der Waals surface area contributed by atoms with E-state index in [9.17, 15) is 0 Å². The smallest absolute Gasteiger partial charge is 0.0712 e. The average molecular weight is 247 g/mol. The lowest BCUT2D eigenvalue weighted by Gasteiger charge is -2.07. The van der Waals surface area contributed by atoms with Crippen LogP contribution in [0.4, 0.5) is 0 Å². The Hall–Kier alpha value is -2.15. The molecule has 0 fully saturated rings. The molecule has 0 atom stereocenters. The van der Waals surface area contributed by atoms with Gasteiger partial charge in [0.1, 0.15) is 0 Å². The summed E-state index contributed by atoms with van der Waals surface area (Å²) in [6, 6.07) is 17.1. The van der Waals surface area contributed by atoms with Crippen molar-refractivity contribution in [3.05, 3.63) is 65.2 Å². The topological polar surface area (TPSA) is 12.9 Å². The Morgan fingerprint density at radius 2 is 1.53 bits per heavy atom. The first-order chi connectivity index (χ1) is 9.13. The lowest BCUT2D eigenvalue weighted by atomic mass is 10.0. The Kier molecular flexibility index (Phi) is 2.83. The number of aryl methyl sites for hydroxylation is 3. The molecule has 0 amide bonds. The molecule has 1 aromatic heterocycles. The largest absolute Gasteiger partial charge is 0.248 e. The van der Waals surface area contributed by atoms with Gasteiger partial charge in [-0.15, -0.1) is 0 Å². The summed E-state index contributed by atoms with van der Waals surface area (Å²) in [6.07, 6.45) is 0. The van der Waals surface area contributed by atoms with E-state index in [1.807, 2.05) is 0 Å². The third-order valence-electron chi connectivity index (χ3n) is 3.47. The predicted octanol–water partition coefficient (Wildman–Crippen LogP) is 4.83. The van der Waals surface area contributed by atoms with Crippen LogP contribution in [0.3, 0.4) is 0 Å². The van der Waals surface area contributed by atoms with Crippen molar-refractivity contribution in [1.29, 1.82) is 0 Å². The number of nitrogens with zero attached hydrogens (tertiary/aromatic N) is 1. The van der Waals surface area contributed by atoms with Crippen molar-refractivity contribution in [3.63, 3.8) is 0 Å². The highest BCUT2D eigenvalue weighted by Gasteiger charge is 2.04. The summed E-state index contributed by atoms with van der Waals surface area (Å²) < 4.78 is 0. The minimum Gasteiger partial charge on any atom is -0.248 e. The quantitative estimate of drug-likeness (QED) is 0.600. The molecule has 0 aliphatic heterocycles. The van der Waals surface area contributed by atoms with Crippen LogP contribution in [0.25, 0.3) is 22.2 Å². The van der Waals surface area contributed by atoms with E-state index in [0.717, 1.165) is 11.2 Å². The van der Waals surface area contributed by atoms with Crippen LogP contribution < -0.4 is 0 Å². The van der Waals surface area contributed by atoms with Gasteiger partial charge in [0.15, 0.2) is 0 Å². The zero-order chi connectivity index (χ0) is 13.4. The molecule has 0 aliphatic carbocycles. The summed E-state index contributed by atoms with van der Waals surface area (Å²) in [6.45, 7) is 6.38. The first-order valence-corrected chi connectivity index (χ1v) is 6.58. The van der Waals surface area contributed by atoms with Gasteiger partial charge in [0, 0.05) is 10.9 Å². The molecule has 1 nitrogen and oxygen atoms in total. The van der Waals surface area contributed by atoms with Crippen LogP contribution in [-0.2, 0) is 0 Å². The molecule has 2 aromatic carbocycles. The van der Waals surface area contributed by atoms with E-state index in [0.29, 0.717) is 0 Å². The van der Waals surface area contributed by atoms with E-state index in [-0.39, 0.29) is 0 Å². The zero-order valence-electron chi connectivity index (χ0n) is 11.6. The van der Waals surface area contributed by atoms with E-state index in [4.69, 9.17) is 4.98 Å². The number of benzene rings is 2. The van der Waals surface area contributed by atoms with Gasteiger partial charge in [-0.2, -0.15) is 0 Å². The predicted molar refractivity (Wildman–Crippen MR) is 81.4 cm³/mol. The van der Waals surface area contributed by atoms with Gasteiger partial charge in [-0.1, -0.05) is 35.4 Å². The summed E-state index contributed by atoms with van der Waals surface area (Å²) >= 11 is 0. The second kappa shape index (κ2) is 4.51. The second-order valence-electron chi connectivity index (χ2n) is 5.21. The SMILES string of the molecule is Cc1cc(C)cc(-c2ccc3c(C)cccc3n2)c1. The molecular formula is C18H17N. The molecule has 3 rings (SSSR count). The number of rotatable bonds is 1. The first kappa shape index (κ1) is 11.9. The molecule has 94 valence electrons. The third kappa shape index (κ3) is 2.24. The monoisotopic (exact) mass is 247 g/mol. The second-order valence-corrected chi connectivity index (χ2v) is 5.21. The third-order valence-corrected chi connectivity index (χ3v) is 3.47. The Morgan fingerprint density at radius 3 is 2.26 bits per heavy atom. The number of hydrogen-bond acceptors (Lipinski definition) is 1. The standard InChI is InChI=1S/C18H17N/c1-12-9-13(2)11-15(10-12)17-8-7-16-14(3)5-4-6-18(16)19-17/h4-11H,1-3H3. The van der Waals surface area contributed by atoms with E-state index >= 15 is 0 Å². The van der Waals surface area contributed by atoms with Gasteiger partial charge in [-0.05, 0) is 50.6 Å². The molecule has 1 heterocycles. The molecule has 19 heavy (non-hydrogen) atoms. The lowest BCUT2D eigenvalue weighted by molar-refractivity contribution is 1.34. The summed E-state index contributed by atoms with van der Waals surface area (Å²) in [5.74, 6) is 0. The maximum atomic E-state index is 4.79. The van der Waals surface area contributed by atoms with Crippen LogP contribution in [0.1, 0.15) is 16.7 Å². The maximum absolute atomic E-state index is 4.79. The van der Waals surface area contributed by atoms with Crippen LogP contribution in [-0.4, -0.2) is 4.98 Å². The lowest BCUT2D eigenvalue weighted by Crippen LogP contribution is -1.88. The minimum absolute atomic E-state index is 1.05.